The van der Waals surface area contributed by atoms with Crippen molar-refractivity contribution in [3.8, 4) is 0 Å². The van der Waals surface area contributed by atoms with Crippen LogP contribution in [-0.4, -0.2) is 16.9 Å². The summed E-state index contributed by atoms with van der Waals surface area (Å²) in [6.07, 6.45) is 10.6. The van der Waals surface area contributed by atoms with Gasteiger partial charge in [0.25, 0.3) is 0 Å². The number of benzene rings is 1. The van der Waals surface area contributed by atoms with Gasteiger partial charge in [-0.05, 0) is 28.9 Å². The molecule has 0 saturated heterocycles. The van der Waals surface area contributed by atoms with Crippen molar-refractivity contribution in [1.29, 1.82) is 0 Å². The minimum atomic E-state index is 0.601. The Balaban J connectivity index is 1.64. The Labute approximate surface area is 126 Å². The monoisotopic (exact) mass is 290 g/mol. The van der Waals surface area contributed by atoms with E-state index in [1.807, 2.05) is 12.1 Å². The quantitative estimate of drug-likeness (QED) is 0.502. The van der Waals surface area contributed by atoms with Gasteiger partial charge < -0.3 is 11.1 Å². The Hall–Kier alpha value is -1.78. The van der Waals surface area contributed by atoms with Crippen LogP contribution in [0, 0.1) is 0 Å². The lowest BCUT2D eigenvalue weighted by Crippen LogP contribution is -2.02. The van der Waals surface area contributed by atoms with Gasteiger partial charge in [-0.2, -0.15) is 0 Å². The topological polar surface area (TPSA) is 77.0 Å². The Kier molecular flexibility index (Phi) is 6.31. The summed E-state index contributed by atoms with van der Waals surface area (Å²) < 4.78 is 4.76. The molecule has 5 nitrogen and oxygen atoms in total. The van der Waals surface area contributed by atoms with Crippen LogP contribution in [0.4, 0.5) is 11.4 Å². The summed E-state index contributed by atoms with van der Waals surface area (Å²) in [6, 6.07) is 3.77. The molecule has 0 saturated carbocycles. The molecule has 0 atom stereocenters. The number of anilines is 2. The van der Waals surface area contributed by atoms with Gasteiger partial charge in [-0.25, -0.2) is 4.63 Å². The van der Waals surface area contributed by atoms with Gasteiger partial charge in [-0.1, -0.05) is 51.9 Å². The highest BCUT2D eigenvalue weighted by Crippen LogP contribution is 2.25. The Morgan fingerprint density at radius 3 is 2.38 bits per heavy atom. The number of nitrogens with two attached hydrogens (primary N) is 1. The van der Waals surface area contributed by atoms with Crippen molar-refractivity contribution in [1.82, 2.24) is 10.3 Å². The number of fused-ring (bicyclic) bond motifs is 1. The van der Waals surface area contributed by atoms with Crippen LogP contribution < -0.4 is 11.1 Å². The fourth-order valence-corrected chi connectivity index (χ4v) is 2.51. The van der Waals surface area contributed by atoms with Crippen LogP contribution in [0.3, 0.4) is 0 Å². The maximum atomic E-state index is 5.82. The minimum absolute atomic E-state index is 0.601. The predicted molar refractivity (Wildman–Crippen MR) is 87.3 cm³/mol. The highest BCUT2D eigenvalue weighted by atomic mass is 16.6. The van der Waals surface area contributed by atoms with Crippen LogP contribution >= 0.6 is 0 Å². The van der Waals surface area contributed by atoms with Crippen LogP contribution in [0.5, 0.6) is 0 Å². The molecular formula is C16H26N4O. The zero-order valence-corrected chi connectivity index (χ0v) is 12.9. The summed E-state index contributed by atoms with van der Waals surface area (Å²) >= 11 is 0. The molecule has 0 fully saturated rings. The molecular weight excluding hydrogens is 264 g/mol. The molecule has 1 aromatic heterocycles. The van der Waals surface area contributed by atoms with Crippen molar-refractivity contribution in [3.05, 3.63) is 12.1 Å². The fraction of sp³-hybridized carbons (Fsp3) is 0.625. The molecule has 0 aliphatic heterocycles. The Morgan fingerprint density at radius 2 is 1.62 bits per heavy atom. The Morgan fingerprint density at radius 1 is 0.952 bits per heavy atom. The first kappa shape index (κ1) is 15.6. The van der Waals surface area contributed by atoms with Gasteiger partial charge in [-0.15, -0.1) is 0 Å². The summed E-state index contributed by atoms with van der Waals surface area (Å²) in [5, 5.41) is 11.1. The smallest absolute Gasteiger partial charge is 0.160 e. The lowest BCUT2D eigenvalue weighted by molar-refractivity contribution is 0.316. The van der Waals surface area contributed by atoms with Crippen LogP contribution in [0.15, 0.2) is 16.8 Å². The number of hydrogen-bond donors (Lipinski definition) is 2. The summed E-state index contributed by atoms with van der Waals surface area (Å²) in [6.45, 7) is 3.20. The first-order valence-electron chi connectivity index (χ1n) is 8.07. The Bertz CT molecular complexity index is 538. The van der Waals surface area contributed by atoms with Crippen LogP contribution in [0.2, 0.25) is 0 Å². The number of unbranched alkanes of at least 4 members (excludes halogenated alkanes) is 7. The number of aromatic nitrogens is 2. The van der Waals surface area contributed by atoms with Gasteiger partial charge in [0.2, 0.25) is 0 Å². The van der Waals surface area contributed by atoms with E-state index in [9.17, 15) is 0 Å². The summed E-state index contributed by atoms with van der Waals surface area (Å²) in [5.41, 5.74) is 8.72. The normalized spacial score (nSPS) is 11.1. The molecule has 21 heavy (non-hydrogen) atoms. The van der Waals surface area contributed by atoms with Crippen molar-refractivity contribution in [3.63, 3.8) is 0 Å². The van der Waals surface area contributed by atoms with Crippen molar-refractivity contribution in [2.24, 2.45) is 0 Å². The van der Waals surface area contributed by atoms with E-state index in [2.05, 4.69) is 22.6 Å². The molecule has 0 unspecified atom stereocenters. The maximum absolute atomic E-state index is 5.82. The summed E-state index contributed by atoms with van der Waals surface area (Å²) in [5.74, 6) is 0. The molecule has 0 amide bonds. The first-order chi connectivity index (χ1) is 10.3. The highest BCUT2D eigenvalue weighted by Gasteiger charge is 2.09. The van der Waals surface area contributed by atoms with Gasteiger partial charge in [0.05, 0.1) is 11.4 Å². The zero-order chi connectivity index (χ0) is 14.9. The second kappa shape index (κ2) is 8.49. The van der Waals surface area contributed by atoms with Gasteiger partial charge in [-0.3, -0.25) is 0 Å². The number of rotatable bonds is 10. The third-order valence-corrected chi connectivity index (χ3v) is 3.79. The number of nitrogens with one attached hydrogen (secondary N) is 1. The largest absolute Gasteiger partial charge is 0.397 e. The molecule has 0 aliphatic rings. The molecule has 1 aromatic carbocycles. The molecule has 116 valence electrons. The second-order valence-electron chi connectivity index (χ2n) is 5.57. The molecule has 3 N–H and O–H groups in total. The van der Waals surface area contributed by atoms with Gasteiger partial charge in [0, 0.05) is 6.54 Å². The number of hydrogen-bond acceptors (Lipinski definition) is 5. The van der Waals surface area contributed by atoms with Crippen LogP contribution in [-0.2, 0) is 0 Å². The van der Waals surface area contributed by atoms with E-state index >= 15 is 0 Å². The molecule has 1 heterocycles. The SMILES string of the molecule is CCCCCCCCCCNc1ccc(N)c2nonc12. The lowest BCUT2D eigenvalue weighted by atomic mass is 10.1. The van der Waals surface area contributed by atoms with E-state index in [0.717, 1.165) is 17.7 Å². The maximum Gasteiger partial charge on any atom is 0.160 e. The lowest BCUT2D eigenvalue weighted by Gasteiger charge is -2.07. The average Bonchev–Trinajstić information content (AvgIpc) is 2.98. The van der Waals surface area contributed by atoms with Crippen molar-refractivity contribution in [2.75, 3.05) is 17.6 Å². The van der Waals surface area contributed by atoms with Gasteiger partial charge in [0.15, 0.2) is 11.0 Å². The van der Waals surface area contributed by atoms with Crippen molar-refractivity contribution < 1.29 is 4.63 Å². The standard InChI is InChI=1S/C16H26N4O/c1-2-3-4-5-6-7-8-9-12-18-14-11-10-13(17)15-16(14)20-21-19-15/h10-11,18H,2-9,12,17H2,1H3. The van der Waals surface area contributed by atoms with Gasteiger partial charge >= 0.3 is 0 Å². The summed E-state index contributed by atoms with van der Waals surface area (Å²) in [7, 11) is 0. The van der Waals surface area contributed by atoms with Gasteiger partial charge in [0.1, 0.15) is 0 Å². The zero-order valence-electron chi connectivity index (χ0n) is 12.9. The highest BCUT2D eigenvalue weighted by molar-refractivity contribution is 5.94. The van der Waals surface area contributed by atoms with Crippen molar-refractivity contribution in [2.45, 2.75) is 58.3 Å². The molecule has 0 spiro atoms. The van der Waals surface area contributed by atoms with E-state index in [1.54, 1.807) is 0 Å². The molecule has 0 bridgehead atoms. The molecule has 2 aromatic rings. The summed E-state index contributed by atoms with van der Waals surface area (Å²) in [4.78, 5) is 0. The first-order valence-corrected chi connectivity index (χ1v) is 8.07. The van der Waals surface area contributed by atoms with Crippen LogP contribution in [0.25, 0.3) is 11.0 Å². The minimum Gasteiger partial charge on any atom is -0.397 e. The van der Waals surface area contributed by atoms with E-state index in [1.165, 1.54) is 51.4 Å². The van der Waals surface area contributed by atoms with Crippen LogP contribution in [0.1, 0.15) is 58.3 Å². The van der Waals surface area contributed by atoms with Crippen molar-refractivity contribution >= 4 is 22.4 Å². The molecule has 5 heteroatoms. The van der Waals surface area contributed by atoms with E-state index in [-0.39, 0.29) is 0 Å². The fourth-order valence-electron chi connectivity index (χ4n) is 2.51. The number of nitrogen functional groups attached to an aromatic ring is 1. The average molecular weight is 290 g/mol. The second-order valence-corrected chi connectivity index (χ2v) is 5.57. The number of nitrogens with zero attached hydrogens (tertiary/aromatic N) is 2. The molecule has 0 radical (unpaired) electrons. The molecule has 0 aliphatic carbocycles. The third kappa shape index (κ3) is 4.62. The molecule has 2 rings (SSSR count). The third-order valence-electron chi connectivity index (χ3n) is 3.79. The van der Waals surface area contributed by atoms with E-state index in [4.69, 9.17) is 10.4 Å². The predicted octanol–water partition coefficient (Wildman–Crippen LogP) is 4.36. The van der Waals surface area contributed by atoms with E-state index < -0.39 is 0 Å². The van der Waals surface area contributed by atoms with E-state index in [0.29, 0.717) is 11.2 Å².